The number of amides is 2. The SMILES string of the molecule is CC(C)(C)c1cc(NC(=O)NC2=CN3C=CC(C#Cc4ccc(OCCCN5CCOCC5)cc4)=CC3N2)no1. The van der Waals surface area contributed by atoms with Gasteiger partial charge in [-0.05, 0) is 42.8 Å². The average molecular weight is 545 g/mol. The molecule has 10 nitrogen and oxygen atoms in total. The van der Waals surface area contributed by atoms with E-state index in [0.717, 1.165) is 56.2 Å². The molecule has 0 bridgehead atoms. The summed E-state index contributed by atoms with van der Waals surface area (Å²) < 4.78 is 16.6. The molecule has 1 saturated heterocycles. The summed E-state index contributed by atoms with van der Waals surface area (Å²) in [6, 6.07) is 9.17. The summed E-state index contributed by atoms with van der Waals surface area (Å²) in [4.78, 5) is 16.8. The molecule has 1 atom stereocenters. The van der Waals surface area contributed by atoms with E-state index < -0.39 is 6.03 Å². The van der Waals surface area contributed by atoms with E-state index in [2.05, 4.69) is 37.8 Å². The van der Waals surface area contributed by atoms with Gasteiger partial charge in [-0.3, -0.25) is 15.5 Å². The van der Waals surface area contributed by atoms with E-state index in [1.807, 2.05) is 74.5 Å². The minimum atomic E-state index is -0.412. The third-order valence-corrected chi connectivity index (χ3v) is 6.60. The Hall–Kier alpha value is -4.20. The molecular weight excluding hydrogens is 508 g/mol. The molecule has 0 saturated carbocycles. The van der Waals surface area contributed by atoms with Gasteiger partial charge in [0, 0.05) is 54.7 Å². The number of hydrogen-bond donors (Lipinski definition) is 3. The predicted octanol–water partition coefficient (Wildman–Crippen LogP) is 3.73. The van der Waals surface area contributed by atoms with Gasteiger partial charge in [-0.25, -0.2) is 4.79 Å². The highest BCUT2D eigenvalue weighted by Gasteiger charge is 2.25. The molecule has 2 amide bonds. The molecular formula is C30H36N6O4. The highest BCUT2D eigenvalue weighted by Crippen LogP contribution is 2.24. The van der Waals surface area contributed by atoms with Crippen molar-refractivity contribution in [1.82, 2.24) is 25.6 Å². The van der Waals surface area contributed by atoms with Gasteiger partial charge < -0.3 is 24.2 Å². The Balaban J connectivity index is 1.07. The van der Waals surface area contributed by atoms with Crippen LogP contribution in [0.1, 0.15) is 38.5 Å². The zero-order valence-electron chi connectivity index (χ0n) is 23.2. The maximum absolute atomic E-state index is 12.4. The summed E-state index contributed by atoms with van der Waals surface area (Å²) in [5.41, 5.74) is 1.60. The van der Waals surface area contributed by atoms with Crippen LogP contribution < -0.4 is 20.7 Å². The maximum Gasteiger partial charge on any atom is 0.326 e. The van der Waals surface area contributed by atoms with Crippen molar-refractivity contribution in [3.63, 3.8) is 0 Å². The van der Waals surface area contributed by atoms with Gasteiger partial charge in [0.1, 0.15) is 23.5 Å². The number of morpholine rings is 1. The van der Waals surface area contributed by atoms with Gasteiger partial charge in [-0.2, -0.15) is 0 Å². The molecule has 5 rings (SSSR count). The lowest BCUT2D eigenvalue weighted by atomic mass is 9.93. The van der Waals surface area contributed by atoms with E-state index in [9.17, 15) is 4.79 Å². The Morgan fingerprint density at radius 2 is 1.98 bits per heavy atom. The second-order valence-corrected chi connectivity index (χ2v) is 10.9. The normalized spacial score (nSPS) is 18.6. The number of fused-ring (bicyclic) bond motifs is 1. The summed E-state index contributed by atoms with van der Waals surface area (Å²) >= 11 is 0. The molecule has 210 valence electrons. The first-order valence-corrected chi connectivity index (χ1v) is 13.6. The zero-order chi connectivity index (χ0) is 28.0. The molecule has 3 aliphatic heterocycles. The molecule has 40 heavy (non-hydrogen) atoms. The lowest BCUT2D eigenvalue weighted by molar-refractivity contribution is 0.0358. The first-order chi connectivity index (χ1) is 19.3. The van der Waals surface area contributed by atoms with Crippen molar-refractivity contribution < 1.29 is 18.8 Å². The van der Waals surface area contributed by atoms with Crippen LogP contribution in [0, 0.1) is 11.8 Å². The van der Waals surface area contributed by atoms with Crippen LogP contribution in [0.25, 0.3) is 0 Å². The highest BCUT2D eigenvalue weighted by atomic mass is 16.5. The van der Waals surface area contributed by atoms with Gasteiger partial charge in [0.2, 0.25) is 0 Å². The summed E-state index contributed by atoms with van der Waals surface area (Å²) in [5.74, 6) is 8.91. The number of rotatable bonds is 7. The number of benzene rings is 1. The third kappa shape index (κ3) is 7.46. The molecule has 0 aliphatic carbocycles. The Labute approximate surface area is 235 Å². The smallest absolute Gasteiger partial charge is 0.326 e. The van der Waals surface area contributed by atoms with Crippen molar-refractivity contribution in [2.75, 3.05) is 44.8 Å². The third-order valence-electron chi connectivity index (χ3n) is 6.60. The number of nitrogens with one attached hydrogen (secondary N) is 3. The highest BCUT2D eigenvalue weighted by molar-refractivity contribution is 5.89. The molecule has 1 unspecified atom stereocenters. The second kappa shape index (κ2) is 12.3. The van der Waals surface area contributed by atoms with E-state index >= 15 is 0 Å². The summed E-state index contributed by atoms with van der Waals surface area (Å²) in [6.45, 7) is 11.4. The van der Waals surface area contributed by atoms with Gasteiger partial charge in [-0.15, -0.1) is 0 Å². The summed E-state index contributed by atoms with van der Waals surface area (Å²) in [7, 11) is 0. The van der Waals surface area contributed by atoms with E-state index in [1.165, 1.54) is 0 Å². The van der Waals surface area contributed by atoms with Gasteiger partial charge in [0.25, 0.3) is 0 Å². The first-order valence-electron chi connectivity index (χ1n) is 13.6. The van der Waals surface area contributed by atoms with E-state index in [-0.39, 0.29) is 11.6 Å². The molecule has 10 heteroatoms. The second-order valence-electron chi connectivity index (χ2n) is 10.9. The van der Waals surface area contributed by atoms with Crippen LogP contribution in [0.5, 0.6) is 5.75 Å². The number of urea groups is 1. The minimum absolute atomic E-state index is 0.141. The largest absolute Gasteiger partial charge is 0.494 e. The van der Waals surface area contributed by atoms with Gasteiger partial charge in [0.05, 0.1) is 19.8 Å². The molecule has 0 radical (unpaired) electrons. The Morgan fingerprint density at radius 1 is 1.18 bits per heavy atom. The van der Waals surface area contributed by atoms with E-state index in [4.69, 9.17) is 14.0 Å². The number of allylic oxidation sites excluding steroid dienone is 2. The molecule has 2 aromatic rings. The Bertz CT molecular complexity index is 1340. The van der Waals surface area contributed by atoms with Crippen LogP contribution in [-0.4, -0.2) is 66.6 Å². The standard InChI is InChI=1S/C30H36N6O4/c1-30(2,3)25-20-26(34-40-25)32-29(37)33-27-21-36-13-11-23(19-28(36)31-27)6-5-22-7-9-24(10-8-22)39-16-4-12-35-14-17-38-18-15-35/h7-11,13,19-21,28,31H,4,12,14-18H2,1-3H3,(H2,32,33,34,37). The van der Waals surface area contributed by atoms with Crippen LogP contribution in [0.2, 0.25) is 0 Å². The van der Waals surface area contributed by atoms with Crippen molar-refractivity contribution in [1.29, 1.82) is 0 Å². The maximum atomic E-state index is 12.4. The number of anilines is 1. The number of hydrogen-bond acceptors (Lipinski definition) is 8. The monoisotopic (exact) mass is 544 g/mol. The van der Waals surface area contributed by atoms with Crippen LogP contribution in [0.15, 0.2) is 70.8 Å². The minimum Gasteiger partial charge on any atom is -0.494 e. The van der Waals surface area contributed by atoms with Gasteiger partial charge in [-0.1, -0.05) is 37.8 Å². The Morgan fingerprint density at radius 3 is 2.73 bits per heavy atom. The lowest BCUT2D eigenvalue weighted by Gasteiger charge is -2.26. The lowest BCUT2D eigenvalue weighted by Crippen LogP contribution is -2.38. The van der Waals surface area contributed by atoms with E-state index in [0.29, 0.717) is 24.0 Å². The number of ether oxygens (including phenoxy) is 2. The van der Waals surface area contributed by atoms with Crippen molar-refractivity contribution in [2.45, 2.75) is 38.8 Å². The van der Waals surface area contributed by atoms with Crippen molar-refractivity contribution >= 4 is 11.8 Å². The fourth-order valence-electron chi connectivity index (χ4n) is 4.35. The van der Waals surface area contributed by atoms with Gasteiger partial charge >= 0.3 is 6.03 Å². The molecule has 4 heterocycles. The molecule has 1 aromatic carbocycles. The van der Waals surface area contributed by atoms with Crippen LogP contribution >= 0.6 is 0 Å². The number of carbonyl (C=O) groups is 1. The van der Waals surface area contributed by atoms with Crippen molar-refractivity contribution in [2.24, 2.45) is 0 Å². The van der Waals surface area contributed by atoms with E-state index in [1.54, 1.807) is 6.07 Å². The van der Waals surface area contributed by atoms with Crippen LogP contribution in [-0.2, 0) is 10.2 Å². The van der Waals surface area contributed by atoms with Gasteiger partial charge in [0.15, 0.2) is 5.82 Å². The van der Waals surface area contributed by atoms with Crippen molar-refractivity contribution in [3.8, 4) is 17.6 Å². The van der Waals surface area contributed by atoms with Crippen LogP contribution in [0.4, 0.5) is 10.6 Å². The van der Waals surface area contributed by atoms with Crippen molar-refractivity contribution in [3.05, 3.63) is 77.6 Å². The zero-order valence-corrected chi connectivity index (χ0v) is 23.2. The summed E-state index contributed by atoms with van der Waals surface area (Å²) in [5, 5.41) is 12.7. The molecule has 0 spiro atoms. The fourth-order valence-corrected chi connectivity index (χ4v) is 4.35. The molecule has 3 aliphatic rings. The fraction of sp³-hybridized carbons (Fsp3) is 0.400. The van der Waals surface area contributed by atoms with Crippen LogP contribution in [0.3, 0.4) is 0 Å². The Kier molecular flexibility index (Phi) is 8.43. The topological polar surface area (TPSA) is 104 Å². The number of nitrogens with zero attached hydrogens (tertiary/aromatic N) is 3. The number of aromatic nitrogens is 1. The molecule has 1 fully saturated rings. The quantitative estimate of drug-likeness (QED) is 0.358. The predicted molar refractivity (Wildman–Crippen MR) is 152 cm³/mol. The average Bonchev–Trinajstić information content (AvgIpc) is 3.57. The summed E-state index contributed by atoms with van der Waals surface area (Å²) in [6.07, 6.45) is 8.55. The molecule has 1 aromatic heterocycles. The first kappa shape index (κ1) is 27.4. The molecule has 3 N–H and O–H groups in total. The number of carbonyl (C=O) groups excluding carboxylic acids is 1.